The first-order valence-electron chi connectivity index (χ1n) is 13.9. The van der Waals surface area contributed by atoms with E-state index in [1.165, 1.54) is 41.7 Å². The molecule has 4 aromatic carbocycles. The van der Waals surface area contributed by atoms with E-state index in [4.69, 9.17) is 44.5 Å². The molecule has 2 heterocycles. The number of amides is 2. The first kappa shape index (κ1) is 37.4. The van der Waals surface area contributed by atoms with Crippen molar-refractivity contribution in [3.05, 3.63) is 139 Å². The first-order chi connectivity index (χ1) is 23.5. The van der Waals surface area contributed by atoms with Crippen molar-refractivity contribution in [2.45, 2.75) is 11.9 Å². The van der Waals surface area contributed by atoms with Gasteiger partial charge in [0.25, 0.3) is 11.8 Å². The number of thiazole rings is 2. The molecule has 0 aliphatic heterocycles. The molecule has 0 saturated heterocycles. The fourth-order valence-corrected chi connectivity index (χ4v) is 6.06. The van der Waals surface area contributed by atoms with Crippen molar-refractivity contribution < 1.29 is 28.2 Å². The standard InChI is InChI=1S/C17H12ClFN2O2S.C10H7BrClNS.C7H6FNO2/c18-11-6-4-10(5-7-11)13-9-24-15(21-13)8-23-14-3-1-2-12(16(14)19)17(20)22;11-5-10-13-9(6-14-10)7-1-3-8(12)4-2-7;8-6-4(7(9)11)2-1-3-5(6)10/h1-7,9H,8H2,(H2,20,22);1-4,6H,5H2;1-3,10H,(H2,9,11). The molecule has 5 N–H and O–H groups in total. The summed E-state index contributed by atoms with van der Waals surface area (Å²) < 4.78 is 32.2. The summed E-state index contributed by atoms with van der Waals surface area (Å²) in [4.78, 5) is 30.5. The third-order valence-corrected chi connectivity index (χ3v) is 9.40. The number of hydrogen-bond donors (Lipinski definition) is 3. The van der Waals surface area contributed by atoms with Crippen LogP contribution in [0.15, 0.2) is 95.7 Å². The van der Waals surface area contributed by atoms with Crippen LogP contribution in [0.4, 0.5) is 8.78 Å². The van der Waals surface area contributed by atoms with Crippen LogP contribution in [0.3, 0.4) is 0 Å². The number of nitrogens with zero attached hydrogens (tertiary/aromatic N) is 2. The Kier molecular flexibility index (Phi) is 13.6. The second-order valence-corrected chi connectivity index (χ2v) is 13.0. The highest BCUT2D eigenvalue weighted by Crippen LogP contribution is 2.27. The largest absolute Gasteiger partial charge is 0.505 e. The van der Waals surface area contributed by atoms with Crippen LogP contribution in [0.1, 0.15) is 30.7 Å². The Hall–Kier alpha value is -4.40. The van der Waals surface area contributed by atoms with Crippen LogP contribution in [0.2, 0.25) is 10.0 Å². The minimum Gasteiger partial charge on any atom is -0.505 e. The third kappa shape index (κ3) is 10.5. The van der Waals surface area contributed by atoms with Crippen LogP contribution in [0.5, 0.6) is 11.5 Å². The summed E-state index contributed by atoms with van der Waals surface area (Å²) in [5.74, 6) is -4.06. The van der Waals surface area contributed by atoms with Gasteiger partial charge in [0.15, 0.2) is 23.1 Å². The second-order valence-electron chi connectivity index (χ2n) is 9.67. The smallest absolute Gasteiger partial charge is 0.251 e. The molecule has 2 amide bonds. The molecule has 252 valence electrons. The molecule has 0 aliphatic rings. The number of carbonyl (C=O) groups excluding carboxylic acids is 2. The highest BCUT2D eigenvalue weighted by atomic mass is 79.9. The Morgan fingerprint density at radius 2 is 1.20 bits per heavy atom. The van der Waals surface area contributed by atoms with Crippen molar-refractivity contribution in [1.82, 2.24) is 9.97 Å². The van der Waals surface area contributed by atoms with Crippen LogP contribution >= 0.6 is 61.8 Å². The van der Waals surface area contributed by atoms with E-state index in [0.717, 1.165) is 43.9 Å². The molecule has 0 spiro atoms. The first-order valence-corrected chi connectivity index (χ1v) is 17.6. The molecule has 0 radical (unpaired) electrons. The van der Waals surface area contributed by atoms with Crippen molar-refractivity contribution in [3.63, 3.8) is 0 Å². The number of rotatable bonds is 8. The number of phenols is 1. The minimum absolute atomic E-state index is 0.0328. The number of primary amides is 2. The molecule has 8 nitrogen and oxygen atoms in total. The van der Waals surface area contributed by atoms with E-state index in [9.17, 15) is 18.4 Å². The number of aromatic hydroxyl groups is 1. The van der Waals surface area contributed by atoms with Gasteiger partial charge in [-0.05, 0) is 48.5 Å². The summed E-state index contributed by atoms with van der Waals surface area (Å²) in [6.07, 6.45) is 0. The number of aromatic nitrogens is 2. The second kappa shape index (κ2) is 17.8. The SMILES string of the molecule is Clc1ccc(-c2csc(CBr)n2)cc1.NC(=O)c1cccc(O)c1F.NC(=O)c1cccc(OCc2nc(-c3ccc(Cl)cc3)cs2)c1F. The molecule has 0 atom stereocenters. The lowest BCUT2D eigenvalue weighted by Crippen LogP contribution is -2.13. The zero-order valence-corrected chi connectivity index (χ0v) is 29.8. The molecule has 49 heavy (non-hydrogen) atoms. The fourth-order valence-electron chi connectivity index (χ4n) is 3.92. The van der Waals surface area contributed by atoms with Gasteiger partial charge in [-0.25, -0.2) is 18.7 Å². The number of carbonyl (C=O) groups is 2. The molecule has 0 saturated carbocycles. The van der Waals surface area contributed by atoms with Gasteiger partial charge in [-0.1, -0.05) is 75.5 Å². The van der Waals surface area contributed by atoms with Crippen molar-refractivity contribution in [2.75, 3.05) is 0 Å². The maximum atomic E-state index is 14.1. The summed E-state index contributed by atoms with van der Waals surface area (Å²) in [5.41, 5.74) is 13.3. The van der Waals surface area contributed by atoms with Crippen LogP contribution in [-0.4, -0.2) is 26.9 Å². The molecule has 6 rings (SSSR count). The molecule has 0 unspecified atom stereocenters. The zero-order valence-electron chi connectivity index (χ0n) is 25.1. The number of benzene rings is 4. The maximum absolute atomic E-state index is 14.1. The molecule has 2 aromatic heterocycles. The highest BCUT2D eigenvalue weighted by Gasteiger charge is 2.14. The lowest BCUT2D eigenvalue weighted by molar-refractivity contribution is 0.0987. The van der Waals surface area contributed by atoms with E-state index in [1.54, 1.807) is 23.5 Å². The van der Waals surface area contributed by atoms with Gasteiger partial charge in [0.05, 0.1) is 27.8 Å². The monoisotopic (exact) mass is 804 g/mol. The molecule has 15 heteroatoms. The van der Waals surface area contributed by atoms with Gasteiger partial charge in [-0.2, -0.15) is 0 Å². The van der Waals surface area contributed by atoms with Crippen LogP contribution < -0.4 is 16.2 Å². The number of nitrogens with two attached hydrogens (primary N) is 2. The van der Waals surface area contributed by atoms with Crippen molar-refractivity contribution in [1.29, 1.82) is 0 Å². The summed E-state index contributed by atoms with van der Waals surface area (Å²) in [5, 5.41) is 16.7. The number of halogens is 5. The van der Waals surface area contributed by atoms with E-state index >= 15 is 0 Å². The molecule has 0 bridgehead atoms. The van der Waals surface area contributed by atoms with Gasteiger partial charge < -0.3 is 21.3 Å². The molecule has 0 fully saturated rings. The summed E-state index contributed by atoms with van der Waals surface area (Å²) in [6, 6.07) is 23.0. The molecular weight excluding hydrogens is 781 g/mol. The van der Waals surface area contributed by atoms with Gasteiger partial charge in [0, 0.05) is 31.9 Å². The van der Waals surface area contributed by atoms with E-state index in [-0.39, 0.29) is 23.5 Å². The van der Waals surface area contributed by atoms with Gasteiger partial charge in [0.2, 0.25) is 0 Å². The van der Waals surface area contributed by atoms with Gasteiger partial charge >= 0.3 is 0 Å². The Morgan fingerprint density at radius 3 is 1.67 bits per heavy atom. The highest BCUT2D eigenvalue weighted by molar-refractivity contribution is 9.08. The summed E-state index contributed by atoms with van der Waals surface area (Å²) in [7, 11) is 0. The van der Waals surface area contributed by atoms with E-state index in [0.29, 0.717) is 10.0 Å². The fraction of sp³-hybridized carbons (Fsp3) is 0.0588. The summed E-state index contributed by atoms with van der Waals surface area (Å²) in [6.45, 7) is 0.0946. The van der Waals surface area contributed by atoms with Crippen molar-refractivity contribution in [2.24, 2.45) is 11.5 Å². The predicted molar refractivity (Wildman–Crippen MR) is 194 cm³/mol. The molecular formula is C34H25BrCl2F2N4O4S2. The normalized spacial score (nSPS) is 10.3. The van der Waals surface area contributed by atoms with Crippen LogP contribution in [0, 0.1) is 11.6 Å². The average Bonchev–Trinajstić information content (AvgIpc) is 3.77. The average molecular weight is 807 g/mol. The Balaban J connectivity index is 0.000000183. The third-order valence-electron chi connectivity index (χ3n) is 6.32. The minimum atomic E-state index is -0.972. The van der Waals surface area contributed by atoms with Crippen LogP contribution in [-0.2, 0) is 11.9 Å². The number of phenolic OH excluding ortho intramolecular Hbond substituents is 1. The Labute approximate surface area is 306 Å². The maximum Gasteiger partial charge on any atom is 0.251 e. The Morgan fingerprint density at radius 1 is 0.735 bits per heavy atom. The zero-order chi connectivity index (χ0) is 35.5. The van der Waals surface area contributed by atoms with Crippen molar-refractivity contribution >= 4 is 73.6 Å². The van der Waals surface area contributed by atoms with Crippen LogP contribution in [0.25, 0.3) is 22.5 Å². The lowest BCUT2D eigenvalue weighted by Gasteiger charge is -2.07. The van der Waals surface area contributed by atoms with E-state index < -0.39 is 29.2 Å². The van der Waals surface area contributed by atoms with Gasteiger partial charge in [-0.3, -0.25) is 9.59 Å². The van der Waals surface area contributed by atoms with E-state index in [2.05, 4.69) is 31.3 Å². The molecule has 0 aliphatic carbocycles. The number of ether oxygens (including phenoxy) is 1. The topological polar surface area (TPSA) is 141 Å². The molecule has 6 aromatic rings. The van der Waals surface area contributed by atoms with Gasteiger partial charge in [-0.15, -0.1) is 22.7 Å². The van der Waals surface area contributed by atoms with Gasteiger partial charge in [0.1, 0.15) is 16.6 Å². The summed E-state index contributed by atoms with van der Waals surface area (Å²) >= 11 is 18.1. The number of alkyl halides is 1. The Bertz CT molecular complexity index is 2050. The lowest BCUT2D eigenvalue weighted by atomic mass is 10.2. The van der Waals surface area contributed by atoms with Crippen molar-refractivity contribution in [3.8, 4) is 34.0 Å². The quantitative estimate of drug-likeness (QED) is 0.131. The predicted octanol–water partition coefficient (Wildman–Crippen LogP) is 9.27. The van der Waals surface area contributed by atoms with E-state index in [1.807, 2.05) is 41.8 Å². The number of hydrogen-bond acceptors (Lipinski definition) is 8.